The number of likely N-dealkylation sites (N-methyl/N-ethyl adjacent to an activating group) is 1. The third kappa shape index (κ3) is 5.28. The first kappa shape index (κ1) is 23.1. The number of benzene rings is 2. The summed E-state index contributed by atoms with van der Waals surface area (Å²) in [6, 6.07) is 10.6. The molecule has 2 amide bonds. The summed E-state index contributed by atoms with van der Waals surface area (Å²) in [6.45, 7) is 2.53. The SMILES string of the molecule is CN1CCN(C(=O)N(Cc2ccc(-c3nnc(C(F)F)o3)cc2F)c2cccc(Cl)c2)CC1. The second-order valence-corrected chi connectivity index (χ2v) is 8.13. The first-order valence-electron chi connectivity index (χ1n) is 10.2. The van der Waals surface area contributed by atoms with Crippen LogP contribution in [0.25, 0.3) is 11.5 Å². The monoisotopic (exact) mass is 479 g/mol. The van der Waals surface area contributed by atoms with E-state index in [9.17, 15) is 18.0 Å². The topological polar surface area (TPSA) is 65.7 Å². The van der Waals surface area contributed by atoms with E-state index in [0.29, 0.717) is 23.8 Å². The summed E-state index contributed by atoms with van der Waals surface area (Å²) >= 11 is 6.14. The number of urea groups is 1. The van der Waals surface area contributed by atoms with E-state index in [2.05, 4.69) is 15.1 Å². The van der Waals surface area contributed by atoms with Gasteiger partial charge in [-0.3, -0.25) is 4.90 Å². The van der Waals surface area contributed by atoms with Crippen molar-refractivity contribution in [1.82, 2.24) is 20.0 Å². The highest BCUT2D eigenvalue weighted by atomic mass is 35.5. The van der Waals surface area contributed by atoms with Crippen LogP contribution in [0.3, 0.4) is 0 Å². The minimum absolute atomic E-state index is 0.0518. The molecule has 4 rings (SSSR count). The van der Waals surface area contributed by atoms with Gasteiger partial charge in [0.25, 0.3) is 5.89 Å². The first-order chi connectivity index (χ1) is 15.8. The Bertz CT molecular complexity index is 1130. The van der Waals surface area contributed by atoms with Gasteiger partial charge in [-0.15, -0.1) is 10.2 Å². The zero-order chi connectivity index (χ0) is 23.5. The number of hydrogen-bond acceptors (Lipinski definition) is 5. The summed E-state index contributed by atoms with van der Waals surface area (Å²) < 4.78 is 45.3. The zero-order valence-electron chi connectivity index (χ0n) is 17.7. The molecule has 1 aliphatic heterocycles. The second kappa shape index (κ2) is 9.80. The number of piperazine rings is 1. The number of aromatic nitrogens is 2. The average Bonchev–Trinajstić information content (AvgIpc) is 3.29. The Balaban J connectivity index is 1.60. The van der Waals surface area contributed by atoms with Crippen LogP contribution in [0.4, 0.5) is 23.7 Å². The molecule has 1 aromatic heterocycles. The molecule has 0 radical (unpaired) electrons. The molecule has 2 heterocycles. The van der Waals surface area contributed by atoms with Crippen molar-refractivity contribution in [3.8, 4) is 11.5 Å². The summed E-state index contributed by atoms with van der Waals surface area (Å²) in [5.41, 5.74) is 0.929. The van der Waals surface area contributed by atoms with Crippen molar-refractivity contribution in [1.29, 1.82) is 0 Å². The van der Waals surface area contributed by atoms with Crippen molar-refractivity contribution >= 4 is 23.3 Å². The molecule has 0 saturated carbocycles. The average molecular weight is 480 g/mol. The molecule has 0 aliphatic carbocycles. The predicted octanol–water partition coefficient (Wildman–Crippen LogP) is 4.84. The number of alkyl halides is 2. The summed E-state index contributed by atoms with van der Waals surface area (Å²) in [5.74, 6) is -1.68. The summed E-state index contributed by atoms with van der Waals surface area (Å²) in [6.07, 6.45) is -2.91. The van der Waals surface area contributed by atoms with Crippen LogP contribution in [0, 0.1) is 5.82 Å². The van der Waals surface area contributed by atoms with Crippen molar-refractivity contribution in [2.45, 2.75) is 13.0 Å². The van der Waals surface area contributed by atoms with Crippen molar-refractivity contribution in [2.24, 2.45) is 0 Å². The molecule has 7 nitrogen and oxygen atoms in total. The largest absolute Gasteiger partial charge is 0.415 e. The van der Waals surface area contributed by atoms with Crippen LogP contribution in [-0.2, 0) is 6.54 Å². The Morgan fingerprint density at radius 2 is 1.91 bits per heavy atom. The molecule has 0 atom stereocenters. The van der Waals surface area contributed by atoms with Crippen LogP contribution in [0.5, 0.6) is 0 Å². The van der Waals surface area contributed by atoms with Gasteiger partial charge in [-0.1, -0.05) is 23.7 Å². The van der Waals surface area contributed by atoms with E-state index in [1.165, 1.54) is 17.0 Å². The second-order valence-electron chi connectivity index (χ2n) is 7.69. The van der Waals surface area contributed by atoms with Gasteiger partial charge in [0.1, 0.15) is 5.82 Å². The number of halogens is 4. The van der Waals surface area contributed by atoms with Gasteiger partial charge in [-0.2, -0.15) is 8.78 Å². The highest BCUT2D eigenvalue weighted by Crippen LogP contribution is 2.27. The Hall–Kier alpha value is -3.11. The van der Waals surface area contributed by atoms with Gasteiger partial charge < -0.3 is 14.2 Å². The third-order valence-corrected chi connectivity index (χ3v) is 5.62. The molecule has 174 valence electrons. The Kier molecular flexibility index (Phi) is 6.85. The lowest BCUT2D eigenvalue weighted by Crippen LogP contribution is -2.52. The lowest BCUT2D eigenvalue weighted by Gasteiger charge is -2.36. The van der Waals surface area contributed by atoms with Crippen LogP contribution in [0.15, 0.2) is 46.9 Å². The lowest BCUT2D eigenvalue weighted by atomic mass is 10.1. The van der Waals surface area contributed by atoms with Crippen LogP contribution < -0.4 is 4.90 Å². The van der Waals surface area contributed by atoms with Crippen LogP contribution in [-0.4, -0.2) is 59.3 Å². The van der Waals surface area contributed by atoms with E-state index in [0.717, 1.165) is 19.2 Å². The number of rotatable bonds is 5. The van der Waals surface area contributed by atoms with Crippen LogP contribution >= 0.6 is 11.6 Å². The van der Waals surface area contributed by atoms with Gasteiger partial charge >= 0.3 is 12.5 Å². The predicted molar refractivity (Wildman–Crippen MR) is 117 cm³/mol. The van der Waals surface area contributed by atoms with Gasteiger partial charge in [0.05, 0.1) is 6.54 Å². The maximum absolute atomic E-state index is 15.0. The highest BCUT2D eigenvalue weighted by molar-refractivity contribution is 6.30. The maximum Gasteiger partial charge on any atom is 0.324 e. The molecule has 0 N–H and O–H groups in total. The molecule has 1 saturated heterocycles. The van der Waals surface area contributed by atoms with E-state index in [4.69, 9.17) is 16.0 Å². The molecule has 0 spiro atoms. The van der Waals surface area contributed by atoms with Crippen molar-refractivity contribution in [3.63, 3.8) is 0 Å². The van der Waals surface area contributed by atoms with Gasteiger partial charge in [0.2, 0.25) is 5.89 Å². The fourth-order valence-corrected chi connectivity index (χ4v) is 3.68. The summed E-state index contributed by atoms with van der Waals surface area (Å²) in [5, 5.41) is 7.25. The Labute approximate surface area is 193 Å². The first-order valence-corrected chi connectivity index (χ1v) is 10.6. The number of amides is 2. The van der Waals surface area contributed by atoms with Gasteiger partial charge in [0, 0.05) is 48.0 Å². The van der Waals surface area contributed by atoms with E-state index in [-0.39, 0.29) is 29.6 Å². The van der Waals surface area contributed by atoms with E-state index in [1.807, 2.05) is 7.05 Å². The normalized spacial score (nSPS) is 14.7. The fourth-order valence-electron chi connectivity index (χ4n) is 3.50. The quantitative estimate of drug-likeness (QED) is 0.524. The fraction of sp³-hybridized carbons (Fsp3) is 0.318. The number of anilines is 1. The van der Waals surface area contributed by atoms with E-state index in [1.54, 1.807) is 29.2 Å². The standard InChI is InChI=1S/C22H21ClF3N5O2/c1-29-7-9-30(10-8-29)22(32)31(17-4-2-3-16(23)12-17)13-15-6-5-14(11-18(15)24)20-27-28-21(33-20)19(25)26/h2-6,11-12,19H,7-10,13H2,1H3. The molecule has 33 heavy (non-hydrogen) atoms. The molecule has 0 bridgehead atoms. The maximum atomic E-state index is 15.0. The summed E-state index contributed by atoms with van der Waals surface area (Å²) in [7, 11) is 1.99. The molecule has 11 heteroatoms. The number of carbonyl (C=O) groups excluding carboxylic acids is 1. The van der Waals surface area contributed by atoms with E-state index < -0.39 is 18.1 Å². The van der Waals surface area contributed by atoms with E-state index >= 15 is 0 Å². The third-order valence-electron chi connectivity index (χ3n) is 5.38. The molecule has 2 aromatic carbocycles. The molecular weight excluding hydrogens is 459 g/mol. The van der Waals surface area contributed by atoms with Crippen molar-refractivity contribution in [2.75, 3.05) is 38.1 Å². The Morgan fingerprint density at radius 1 is 1.15 bits per heavy atom. The van der Waals surface area contributed by atoms with Gasteiger partial charge in [0.15, 0.2) is 0 Å². The lowest BCUT2D eigenvalue weighted by molar-refractivity contribution is 0.116. The zero-order valence-corrected chi connectivity index (χ0v) is 18.5. The minimum Gasteiger partial charge on any atom is -0.415 e. The number of hydrogen-bond donors (Lipinski definition) is 0. The van der Waals surface area contributed by atoms with Gasteiger partial charge in [-0.05, 0) is 37.4 Å². The molecule has 0 unspecified atom stereocenters. The summed E-state index contributed by atoms with van der Waals surface area (Å²) in [4.78, 5) is 18.7. The molecule has 1 aliphatic rings. The number of nitrogens with zero attached hydrogens (tertiary/aromatic N) is 5. The molecule has 3 aromatic rings. The highest BCUT2D eigenvalue weighted by Gasteiger charge is 2.26. The minimum atomic E-state index is -2.91. The van der Waals surface area contributed by atoms with Crippen molar-refractivity contribution in [3.05, 3.63) is 64.8 Å². The van der Waals surface area contributed by atoms with Crippen molar-refractivity contribution < 1.29 is 22.4 Å². The number of carbonyl (C=O) groups is 1. The van der Waals surface area contributed by atoms with Gasteiger partial charge in [-0.25, -0.2) is 9.18 Å². The molecule has 1 fully saturated rings. The Morgan fingerprint density at radius 3 is 2.55 bits per heavy atom. The van der Waals surface area contributed by atoms with Crippen LogP contribution in [0.1, 0.15) is 17.9 Å². The molecular formula is C22H21ClF3N5O2. The smallest absolute Gasteiger partial charge is 0.324 e. The van der Waals surface area contributed by atoms with Crippen LogP contribution in [0.2, 0.25) is 5.02 Å².